The second kappa shape index (κ2) is 3.75. The molecule has 0 unspecified atom stereocenters. The molecule has 0 aliphatic carbocycles. The van der Waals surface area contributed by atoms with Crippen LogP contribution in [-0.4, -0.2) is 15.7 Å². The molecule has 0 aromatic carbocycles. The molecular formula is C8H8N2O3. The number of hydrogen-bond acceptors (Lipinski definition) is 4. The minimum atomic E-state index is -0.536. The van der Waals surface area contributed by atoms with Gasteiger partial charge in [0.1, 0.15) is 11.5 Å². The zero-order valence-electron chi connectivity index (χ0n) is 7.06. The monoisotopic (exact) mass is 180 g/mol. The van der Waals surface area contributed by atoms with E-state index in [1.807, 2.05) is 0 Å². The third kappa shape index (κ3) is 2.33. The quantitative estimate of drug-likeness (QED) is 0.516. The maximum absolute atomic E-state index is 10.7. The highest BCUT2D eigenvalue weighted by atomic mass is 16.6. The van der Waals surface area contributed by atoms with E-state index in [0.29, 0.717) is 0 Å². The van der Waals surface area contributed by atoms with Crippen LogP contribution in [-0.2, 0) is 11.2 Å². The maximum Gasteiger partial charge on any atom is 0.291 e. The number of carbonyl (C=O) groups is 1. The van der Waals surface area contributed by atoms with Gasteiger partial charge in [-0.05, 0) is 13.0 Å². The molecule has 0 aliphatic heterocycles. The first-order valence-electron chi connectivity index (χ1n) is 3.69. The molecule has 0 spiro atoms. The molecule has 1 aromatic heterocycles. The van der Waals surface area contributed by atoms with Crippen molar-refractivity contribution in [1.29, 1.82) is 0 Å². The van der Waals surface area contributed by atoms with Crippen molar-refractivity contribution in [3.05, 3.63) is 34.1 Å². The second-order valence-corrected chi connectivity index (χ2v) is 2.61. The van der Waals surface area contributed by atoms with E-state index in [4.69, 9.17) is 0 Å². The Morgan fingerprint density at radius 1 is 1.69 bits per heavy atom. The molecule has 0 saturated heterocycles. The molecule has 1 heterocycles. The van der Waals surface area contributed by atoms with Gasteiger partial charge in [-0.25, -0.2) is 0 Å². The number of nitro groups is 1. The Morgan fingerprint density at radius 3 is 2.92 bits per heavy atom. The van der Waals surface area contributed by atoms with Crippen LogP contribution in [0.25, 0.3) is 0 Å². The van der Waals surface area contributed by atoms with Gasteiger partial charge in [0.2, 0.25) is 0 Å². The van der Waals surface area contributed by atoms with E-state index < -0.39 is 4.92 Å². The van der Waals surface area contributed by atoms with Crippen LogP contribution in [0, 0.1) is 10.1 Å². The lowest BCUT2D eigenvalue weighted by Gasteiger charge is -1.97. The summed E-state index contributed by atoms with van der Waals surface area (Å²) in [5, 5.41) is 10.5. The first-order chi connectivity index (χ1) is 6.11. The lowest BCUT2D eigenvalue weighted by molar-refractivity contribution is -0.385. The van der Waals surface area contributed by atoms with Gasteiger partial charge < -0.3 is 0 Å². The summed E-state index contributed by atoms with van der Waals surface area (Å²) in [5.74, 6) is -0.137. The number of nitrogens with zero attached hydrogens (tertiary/aromatic N) is 2. The molecule has 1 rings (SSSR count). The summed E-state index contributed by atoms with van der Waals surface area (Å²) in [6.07, 6.45) is 1.45. The Bertz CT molecular complexity index is 349. The van der Waals surface area contributed by atoms with Gasteiger partial charge in [0, 0.05) is 12.3 Å². The summed E-state index contributed by atoms with van der Waals surface area (Å²) in [5.41, 5.74) is 0.123. The molecule has 0 bridgehead atoms. The van der Waals surface area contributed by atoms with Gasteiger partial charge in [-0.3, -0.25) is 19.9 Å². The second-order valence-electron chi connectivity index (χ2n) is 2.61. The molecule has 13 heavy (non-hydrogen) atoms. The highest BCUT2D eigenvalue weighted by Crippen LogP contribution is 2.15. The summed E-state index contributed by atoms with van der Waals surface area (Å²) in [6.45, 7) is 1.37. The fraction of sp³-hybridized carbons (Fsp3) is 0.250. The summed E-state index contributed by atoms with van der Waals surface area (Å²) < 4.78 is 0. The minimum absolute atomic E-state index is 0.0111. The summed E-state index contributed by atoms with van der Waals surface area (Å²) >= 11 is 0. The van der Waals surface area contributed by atoms with E-state index in [1.165, 1.54) is 25.3 Å². The Hall–Kier alpha value is -1.78. The number of ketones is 1. The standard InChI is InChI=1S/C8H8N2O3/c1-6(11)5-7-8(10(12)13)3-2-4-9-7/h2-4H,5H2,1H3. The minimum Gasteiger partial charge on any atom is -0.300 e. The van der Waals surface area contributed by atoms with Gasteiger partial charge in [0.15, 0.2) is 0 Å². The van der Waals surface area contributed by atoms with Gasteiger partial charge in [-0.1, -0.05) is 0 Å². The molecule has 0 amide bonds. The summed E-state index contributed by atoms with van der Waals surface area (Å²) in [7, 11) is 0. The van der Waals surface area contributed by atoms with Crippen LogP contribution in [0.2, 0.25) is 0 Å². The van der Waals surface area contributed by atoms with E-state index in [9.17, 15) is 14.9 Å². The molecule has 5 nitrogen and oxygen atoms in total. The van der Waals surface area contributed by atoms with Crippen molar-refractivity contribution < 1.29 is 9.72 Å². The van der Waals surface area contributed by atoms with Crippen LogP contribution in [0.1, 0.15) is 12.6 Å². The van der Waals surface area contributed by atoms with Crippen LogP contribution >= 0.6 is 0 Å². The van der Waals surface area contributed by atoms with Crippen LogP contribution in [0.15, 0.2) is 18.3 Å². The number of carbonyl (C=O) groups excluding carboxylic acids is 1. The van der Waals surface area contributed by atoms with Crippen molar-refractivity contribution in [1.82, 2.24) is 4.98 Å². The van der Waals surface area contributed by atoms with Gasteiger partial charge in [-0.2, -0.15) is 0 Å². The van der Waals surface area contributed by atoms with E-state index in [1.54, 1.807) is 0 Å². The molecule has 1 aromatic rings. The Morgan fingerprint density at radius 2 is 2.38 bits per heavy atom. The van der Waals surface area contributed by atoms with Crippen LogP contribution in [0.3, 0.4) is 0 Å². The van der Waals surface area contributed by atoms with Crippen LogP contribution in [0.5, 0.6) is 0 Å². The molecule has 0 radical (unpaired) electrons. The largest absolute Gasteiger partial charge is 0.300 e. The number of pyridine rings is 1. The van der Waals surface area contributed by atoms with E-state index in [-0.39, 0.29) is 23.6 Å². The van der Waals surface area contributed by atoms with Crippen molar-refractivity contribution in [2.45, 2.75) is 13.3 Å². The predicted octanol–water partition coefficient (Wildman–Crippen LogP) is 1.12. The van der Waals surface area contributed by atoms with Crippen molar-refractivity contribution in [3.63, 3.8) is 0 Å². The van der Waals surface area contributed by atoms with Gasteiger partial charge in [-0.15, -0.1) is 0 Å². The molecule has 68 valence electrons. The lowest BCUT2D eigenvalue weighted by Crippen LogP contribution is -2.03. The predicted molar refractivity (Wildman–Crippen MR) is 45.3 cm³/mol. The Kier molecular flexibility index (Phi) is 2.69. The fourth-order valence-corrected chi connectivity index (χ4v) is 0.968. The maximum atomic E-state index is 10.7. The number of aromatic nitrogens is 1. The van der Waals surface area contributed by atoms with Gasteiger partial charge in [0.25, 0.3) is 5.69 Å². The zero-order chi connectivity index (χ0) is 9.84. The van der Waals surface area contributed by atoms with E-state index in [0.717, 1.165) is 0 Å². The third-order valence-corrected chi connectivity index (χ3v) is 1.48. The molecule has 5 heteroatoms. The van der Waals surface area contributed by atoms with Crippen molar-refractivity contribution in [2.75, 3.05) is 0 Å². The summed E-state index contributed by atoms with van der Waals surface area (Å²) in [6, 6.07) is 2.81. The third-order valence-electron chi connectivity index (χ3n) is 1.48. The molecule has 0 saturated carbocycles. The normalized spacial score (nSPS) is 9.62. The Balaban J connectivity index is 3.04. The topological polar surface area (TPSA) is 73.1 Å². The van der Waals surface area contributed by atoms with Gasteiger partial charge in [0.05, 0.1) is 11.3 Å². The number of hydrogen-bond donors (Lipinski definition) is 0. The van der Waals surface area contributed by atoms with E-state index >= 15 is 0 Å². The number of Topliss-reactive ketones (excluding diaryl/α,β-unsaturated/α-hetero) is 1. The van der Waals surface area contributed by atoms with Crippen LogP contribution < -0.4 is 0 Å². The molecular weight excluding hydrogens is 172 g/mol. The number of rotatable bonds is 3. The fourth-order valence-electron chi connectivity index (χ4n) is 0.968. The Labute approximate surface area is 74.6 Å². The van der Waals surface area contributed by atoms with Crippen molar-refractivity contribution in [2.24, 2.45) is 0 Å². The molecule has 0 atom stereocenters. The average molecular weight is 180 g/mol. The highest BCUT2D eigenvalue weighted by Gasteiger charge is 2.14. The first kappa shape index (κ1) is 9.31. The van der Waals surface area contributed by atoms with Gasteiger partial charge >= 0.3 is 0 Å². The van der Waals surface area contributed by atoms with Crippen LogP contribution in [0.4, 0.5) is 5.69 Å². The molecule has 0 aliphatic rings. The summed E-state index contributed by atoms with van der Waals surface area (Å²) in [4.78, 5) is 24.4. The smallest absolute Gasteiger partial charge is 0.291 e. The average Bonchev–Trinajstić information content (AvgIpc) is 2.03. The molecule has 0 N–H and O–H groups in total. The highest BCUT2D eigenvalue weighted by molar-refractivity contribution is 5.78. The van der Waals surface area contributed by atoms with E-state index in [2.05, 4.69) is 4.98 Å². The van der Waals surface area contributed by atoms with Crippen molar-refractivity contribution >= 4 is 11.5 Å². The first-order valence-corrected chi connectivity index (χ1v) is 3.69. The SMILES string of the molecule is CC(=O)Cc1ncccc1[N+](=O)[O-]. The zero-order valence-corrected chi connectivity index (χ0v) is 7.06. The molecule has 0 fully saturated rings. The van der Waals surface area contributed by atoms with Crippen molar-refractivity contribution in [3.8, 4) is 0 Å². The lowest BCUT2D eigenvalue weighted by atomic mass is 10.2.